The molecule has 4 aliphatic rings. The van der Waals surface area contributed by atoms with Crippen LogP contribution in [-0.2, 0) is 14.3 Å². The Morgan fingerprint density at radius 2 is 1.96 bits per heavy atom. The Bertz CT molecular complexity index is 586. The lowest BCUT2D eigenvalue weighted by molar-refractivity contribution is -0.184. The molecular formula is C21H32O3. The molecule has 1 spiro atoms. The Kier molecular flexibility index (Phi) is 3.37. The molecular weight excluding hydrogens is 300 g/mol. The lowest BCUT2D eigenvalue weighted by Crippen LogP contribution is -2.60. The molecule has 4 rings (SSSR count). The number of esters is 1. The van der Waals surface area contributed by atoms with Crippen LogP contribution in [-0.4, -0.2) is 24.8 Å². The average Bonchev–Trinajstić information content (AvgIpc) is 3.07. The zero-order valence-electron chi connectivity index (χ0n) is 15.7. The number of hydrogen-bond acceptors (Lipinski definition) is 3. The zero-order valence-corrected chi connectivity index (χ0v) is 15.7. The summed E-state index contributed by atoms with van der Waals surface area (Å²) in [4.78, 5) is 12.6. The van der Waals surface area contributed by atoms with E-state index in [1.165, 1.54) is 6.42 Å². The minimum Gasteiger partial charge on any atom is -0.469 e. The topological polar surface area (TPSA) is 35.5 Å². The first kappa shape index (κ1) is 16.6. The van der Waals surface area contributed by atoms with Gasteiger partial charge in [-0.1, -0.05) is 26.3 Å². The van der Waals surface area contributed by atoms with E-state index < -0.39 is 0 Å². The van der Waals surface area contributed by atoms with Gasteiger partial charge in [-0.25, -0.2) is 0 Å². The van der Waals surface area contributed by atoms with Crippen molar-refractivity contribution in [2.45, 2.75) is 77.4 Å². The molecule has 4 fully saturated rings. The maximum Gasteiger partial charge on any atom is 0.311 e. The van der Waals surface area contributed by atoms with Crippen LogP contribution in [0.2, 0.25) is 0 Å². The fraction of sp³-hybridized carbons (Fsp3) is 0.857. The summed E-state index contributed by atoms with van der Waals surface area (Å²) < 4.78 is 11.9. The third kappa shape index (κ3) is 1.80. The van der Waals surface area contributed by atoms with Crippen LogP contribution < -0.4 is 0 Å². The van der Waals surface area contributed by atoms with Gasteiger partial charge in [0, 0.05) is 5.41 Å². The van der Waals surface area contributed by atoms with Crippen molar-refractivity contribution in [3.8, 4) is 0 Å². The van der Waals surface area contributed by atoms with Crippen LogP contribution in [0.3, 0.4) is 0 Å². The first-order chi connectivity index (χ1) is 11.2. The third-order valence-electron chi connectivity index (χ3n) is 8.62. The van der Waals surface area contributed by atoms with Crippen molar-refractivity contribution < 1.29 is 14.3 Å². The molecule has 2 saturated heterocycles. The molecule has 0 N–H and O–H groups in total. The van der Waals surface area contributed by atoms with Gasteiger partial charge >= 0.3 is 5.97 Å². The molecule has 7 atom stereocenters. The molecule has 134 valence electrons. The van der Waals surface area contributed by atoms with E-state index in [0.29, 0.717) is 17.9 Å². The standard InChI is InChI=1S/C21H32O3/c1-6-18(2)13-21-11-8-14-19(3,15(21)12-16(18)24-21)9-7-10-20(14,4)17(22)23-5/h6,14-16H,1,7-13H2,2-5H3. The minimum absolute atomic E-state index is 0.00520. The molecule has 24 heavy (non-hydrogen) atoms. The number of ether oxygens (including phenoxy) is 2. The predicted octanol–water partition coefficient (Wildman–Crippen LogP) is 4.51. The van der Waals surface area contributed by atoms with E-state index in [4.69, 9.17) is 9.47 Å². The van der Waals surface area contributed by atoms with Crippen molar-refractivity contribution in [2.24, 2.45) is 28.1 Å². The van der Waals surface area contributed by atoms with E-state index in [-0.39, 0.29) is 27.8 Å². The first-order valence-electron chi connectivity index (χ1n) is 9.64. The van der Waals surface area contributed by atoms with Crippen LogP contribution in [0, 0.1) is 28.1 Å². The number of rotatable bonds is 2. The molecule has 0 amide bonds. The molecule has 2 aliphatic heterocycles. The van der Waals surface area contributed by atoms with Crippen LogP contribution >= 0.6 is 0 Å². The number of hydrogen-bond donors (Lipinski definition) is 0. The van der Waals surface area contributed by atoms with E-state index in [0.717, 1.165) is 38.5 Å². The number of fused-ring (bicyclic) bond motifs is 3. The van der Waals surface area contributed by atoms with Gasteiger partial charge in [0.25, 0.3) is 0 Å². The summed E-state index contributed by atoms with van der Waals surface area (Å²) in [7, 11) is 1.54. The fourth-order valence-corrected chi connectivity index (χ4v) is 7.41. The summed E-state index contributed by atoms with van der Waals surface area (Å²) in [6.07, 6.45) is 10.1. The normalized spacial score (nSPS) is 55.6. The van der Waals surface area contributed by atoms with Gasteiger partial charge in [-0.2, -0.15) is 0 Å². The summed E-state index contributed by atoms with van der Waals surface area (Å²) >= 11 is 0. The summed E-state index contributed by atoms with van der Waals surface area (Å²) in [6, 6.07) is 0. The van der Waals surface area contributed by atoms with Crippen LogP contribution in [0.5, 0.6) is 0 Å². The van der Waals surface area contributed by atoms with Gasteiger partial charge in [-0.15, -0.1) is 6.58 Å². The molecule has 3 heteroatoms. The fourth-order valence-electron chi connectivity index (χ4n) is 7.41. The van der Waals surface area contributed by atoms with Crippen LogP contribution in [0.1, 0.15) is 65.7 Å². The molecule has 2 heterocycles. The highest BCUT2D eigenvalue weighted by Crippen LogP contribution is 2.71. The van der Waals surface area contributed by atoms with Crippen molar-refractivity contribution in [1.29, 1.82) is 0 Å². The Morgan fingerprint density at radius 3 is 2.62 bits per heavy atom. The zero-order chi connectivity index (χ0) is 17.4. The summed E-state index contributed by atoms with van der Waals surface area (Å²) in [5.41, 5.74) is 0.0108. The summed E-state index contributed by atoms with van der Waals surface area (Å²) in [5, 5.41) is 0. The smallest absolute Gasteiger partial charge is 0.311 e. The lowest BCUT2D eigenvalue weighted by atomic mass is 9.42. The first-order valence-corrected chi connectivity index (χ1v) is 9.64. The van der Waals surface area contributed by atoms with E-state index in [2.05, 4.69) is 33.4 Å². The van der Waals surface area contributed by atoms with Crippen LogP contribution in [0.25, 0.3) is 0 Å². The van der Waals surface area contributed by atoms with Gasteiger partial charge < -0.3 is 9.47 Å². The maximum absolute atomic E-state index is 12.6. The second-order valence-corrected chi connectivity index (χ2v) is 9.71. The van der Waals surface area contributed by atoms with Crippen molar-refractivity contribution in [2.75, 3.05) is 7.11 Å². The van der Waals surface area contributed by atoms with E-state index >= 15 is 0 Å². The van der Waals surface area contributed by atoms with Gasteiger partial charge in [-0.3, -0.25) is 4.79 Å². The molecule has 2 aliphatic carbocycles. The number of methoxy groups -OCH3 is 1. The van der Waals surface area contributed by atoms with Gasteiger partial charge in [0.2, 0.25) is 0 Å². The Morgan fingerprint density at radius 1 is 1.21 bits per heavy atom. The van der Waals surface area contributed by atoms with Crippen molar-refractivity contribution in [3.63, 3.8) is 0 Å². The van der Waals surface area contributed by atoms with Gasteiger partial charge in [0.1, 0.15) is 0 Å². The second kappa shape index (κ2) is 4.87. The van der Waals surface area contributed by atoms with Gasteiger partial charge in [-0.05, 0) is 62.7 Å². The van der Waals surface area contributed by atoms with Gasteiger partial charge in [0.05, 0.1) is 24.2 Å². The van der Waals surface area contributed by atoms with Crippen molar-refractivity contribution in [3.05, 3.63) is 12.7 Å². The van der Waals surface area contributed by atoms with Crippen molar-refractivity contribution >= 4 is 5.97 Å². The highest BCUT2D eigenvalue weighted by atomic mass is 16.5. The molecule has 2 bridgehead atoms. The quantitative estimate of drug-likeness (QED) is 0.551. The summed E-state index contributed by atoms with van der Waals surface area (Å²) in [6.45, 7) is 11.0. The average molecular weight is 332 g/mol. The summed E-state index contributed by atoms with van der Waals surface area (Å²) in [5.74, 6) is 0.986. The molecule has 0 radical (unpaired) electrons. The van der Waals surface area contributed by atoms with E-state index in [1.807, 2.05) is 0 Å². The monoisotopic (exact) mass is 332 g/mol. The van der Waals surface area contributed by atoms with Gasteiger partial charge in [0.15, 0.2) is 0 Å². The molecule has 7 unspecified atom stereocenters. The molecule has 0 aromatic carbocycles. The predicted molar refractivity (Wildman–Crippen MR) is 93.4 cm³/mol. The Balaban J connectivity index is 1.71. The van der Waals surface area contributed by atoms with Crippen LogP contribution in [0.4, 0.5) is 0 Å². The highest BCUT2D eigenvalue weighted by molar-refractivity contribution is 5.77. The Labute approximate surface area is 146 Å². The third-order valence-corrected chi connectivity index (χ3v) is 8.62. The molecule has 3 nitrogen and oxygen atoms in total. The molecule has 0 aromatic rings. The lowest BCUT2D eigenvalue weighted by Gasteiger charge is -2.61. The second-order valence-electron chi connectivity index (χ2n) is 9.71. The van der Waals surface area contributed by atoms with Crippen LogP contribution in [0.15, 0.2) is 12.7 Å². The van der Waals surface area contributed by atoms with E-state index in [1.54, 1.807) is 7.11 Å². The molecule has 0 aromatic heterocycles. The largest absolute Gasteiger partial charge is 0.469 e. The molecule has 2 saturated carbocycles. The minimum atomic E-state index is -0.326. The number of carbonyl (C=O) groups is 1. The maximum atomic E-state index is 12.6. The highest BCUT2D eigenvalue weighted by Gasteiger charge is 2.71. The van der Waals surface area contributed by atoms with Crippen molar-refractivity contribution in [1.82, 2.24) is 0 Å². The Hall–Kier alpha value is -0.830. The number of carbonyl (C=O) groups excluding carboxylic acids is 1. The van der Waals surface area contributed by atoms with E-state index in [9.17, 15) is 4.79 Å². The SMILES string of the molecule is C=CC1(C)CC23CCC4C(C)(C(=O)OC)CCCC4(C)C2CC1O3.